The molecule has 1 aliphatic heterocycles. The topological polar surface area (TPSA) is 125 Å². The molecule has 0 aliphatic carbocycles. The molecular weight excluding hydrogens is 378 g/mol. The van der Waals surface area contributed by atoms with Crippen LogP contribution in [0.3, 0.4) is 0 Å². The van der Waals surface area contributed by atoms with Gasteiger partial charge in [0, 0.05) is 6.20 Å². The predicted octanol–water partition coefficient (Wildman–Crippen LogP) is -1.95. The normalized spacial score (nSPS) is 32.5. The third kappa shape index (κ3) is 2.45. The molecule has 1 saturated heterocycles. The van der Waals surface area contributed by atoms with Gasteiger partial charge in [-0.3, -0.25) is 4.79 Å². The fraction of sp³-hybridized carbons (Fsp3) is 0.556. The summed E-state index contributed by atoms with van der Waals surface area (Å²) in [5.41, 5.74) is -2.28. The molecule has 1 aromatic heterocycles. The number of halogens is 2. The highest BCUT2D eigenvalue weighted by molar-refractivity contribution is 14.1. The standard InChI is InChI=1S/C9H10FIN2O6/c10-2-1-12-9(18)13(7(2)17)8-4(15)3(14)5(19-8)6(11)16/h1,3-6,8,14-16H,(H,12,18)/t3-,4-,5-,6?,8?/m0/s1. The second-order valence-corrected chi connectivity index (χ2v) is 5.24. The number of ether oxygens (including phenoxy) is 1. The molecule has 1 fully saturated rings. The first-order valence-corrected chi connectivity index (χ1v) is 6.42. The molecule has 2 rings (SSSR count). The molecule has 4 N–H and O–H groups in total. The summed E-state index contributed by atoms with van der Waals surface area (Å²) < 4.78 is 17.4. The highest BCUT2D eigenvalue weighted by Crippen LogP contribution is 2.31. The second-order valence-electron chi connectivity index (χ2n) is 3.96. The van der Waals surface area contributed by atoms with Gasteiger partial charge in [-0.05, 0) is 22.6 Å². The van der Waals surface area contributed by atoms with E-state index in [-0.39, 0.29) is 0 Å². The van der Waals surface area contributed by atoms with E-state index in [1.807, 2.05) is 4.98 Å². The average Bonchev–Trinajstić information content (AvgIpc) is 2.63. The maximum absolute atomic E-state index is 13.1. The quantitative estimate of drug-likeness (QED) is 0.345. The van der Waals surface area contributed by atoms with E-state index in [1.54, 1.807) is 0 Å². The molecule has 5 atom stereocenters. The highest BCUT2D eigenvalue weighted by atomic mass is 127. The summed E-state index contributed by atoms with van der Waals surface area (Å²) in [5.74, 6) is -1.23. The van der Waals surface area contributed by atoms with Gasteiger partial charge in [-0.25, -0.2) is 9.36 Å². The van der Waals surface area contributed by atoms with E-state index in [9.17, 15) is 29.3 Å². The molecule has 10 heteroatoms. The van der Waals surface area contributed by atoms with Crippen molar-refractivity contribution in [2.24, 2.45) is 0 Å². The van der Waals surface area contributed by atoms with Crippen molar-refractivity contribution in [2.45, 2.75) is 28.7 Å². The Kier molecular flexibility index (Phi) is 4.06. The summed E-state index contributed by atoms with van der Waals surface area (Å²) in [5, 5.41) is 28.7. The summed E-state index contributed by atoms with van der Waals surface area (Å²) in [6.07, 6.45) is -5.34. The molecule has 0 bridgehead atoms. The molecule has 0 amide bonds. The summed E-state index contributed by atoms with van der Waals surface area (Å²) in [7, 11) is 0. The first kappa shape index (κ1) is 14.6. The lowest BCUT2D eigenvalue weighted by Gasteiger charge is -2.16. The van der Waals surface area contributed by atoms with E-state index in [0.29, 0.717) is 10.8 Å². The number of aliphatic hydroxyl groups excluding tert-OH is 3. The fourth-order valence-corrected chi connectivity index (χ4v) is 2.42. The Bertz CT molecular complexity index is 587. The largest absolute Gasteiger partial charge is 0.387 e. The zero-order chi connectivity index (χ0) is 14.3. The lowest BCUT2D eigenvalue weighted by atomic mass is 10.1. The van der Waals surface area contributed by atoms with Crippen LogP contribution in [0.25, 0.3) is 0 Å². The second kappa shape index (κ2) is 5.28. The van der Waals surface area contributed by atoms with Crippen molar-refractivity contribution in [3.8, 4) is 0 Å². The SMILES string of the molecule is O=c1[nH]cc(F)c(=O)n1C1O[C@H](C(O)I)[C@@H](O)[C@@H]1O. The van der Waals surface area contributed by atoms with Crippen molar-refractivity contribution in [3.05, 3.63) is 32.9 Å². The van der Waals surface area contributed by atoms with Crippen LogP contribution in [0.5, 0.6) is 0 Å². The number of nitrogens with one attached hydrogen (secondary N) is 1. The molecule has 0 radical (unpaired) electrons. The highest BCUT2D eigenvalue weighted by Gasteiger charge is 2.47. The Labute approximate surface area is 118 Å². The molecule has 0 spiro atoms. The van der Waals surface area contributed by atoms with E-state index in [1.165, 1.54) is 22.6 Å². The maximum atomic E-state index is 13.1. The van der Waals surface area contributed by atoms with Gasteiger partial charge >= 0.3 is 5.69 Å². The number of hydrogen-bond donors (Lipinski definition) is 4. The summed E-state index contributed by atoms with van der Waals surface area (Å²) >= 11 is 1.54. The number of hydrogen-bond acceptors (Lipinski definition) is 6. The van der Waals surface area contributed by atoms with Gasteiger partial charge in [-0.2, -0.15) is 4.39 Å². The first-order valence-electron chi connectivity index (χ1n) is 5.18. The Morgan fingerprint density at radius 2 is 2.05 bits per heavy atom. The minimum absolute atomic E-state index is 0.322. The van der Waals surface area contributed by atoms with Gasteiger partial charge in [0.2, 0.25) is 5.82 Å². The maximum Gasteiger partial charge on any atom is 0.330 e. The van der Waals surface area contributed by atoms with Gasteiger partial charge < -0.3 is 25.0 Å². The summed E-state index contributed by atoms with van der Waals surface area (Å²) in [6.45, 7) is 0. The fourth-order valence-electron chi connectivity index (χ4n) is 1.82. The molecular formula is C9H10FIN2O6. The monoisotopic (exact) mass is 388 g/mol. The van der Waals surface area contributed by atoms with Crippen molar-refractivity contribution in [3.63, 3.8) is 0 Å². The number of nitrogens with zero attached hydrogens (tertiary/aromatic N) is 1. The van der Waals surface area contributed by atoms with Gasteiger partial charge in [-0.15, -0.1) is 0 Å². The molecule has 1 aliphatic rings. The van der Waals surface area contributed by atoms with Crippen molar-refractivity contribution in [2.75, 3.05) is 0 Å². The van der Waals surface area contributed by atoms with Gasteiger partial charge in [0.25, 0.3) is 5.56 Å². The minimum Gasteiger partial charge on any atom is -0.387 e. The molecule has 19 heavy (non-hydrogen) atoms. The molecule has 2 unspecified atom stereocenters. The zero-order valence-electron chi connectivity index (χ0n) is 9.23. The third-order valence-electron chi connectivity index (χ3n) is 2.77. The zero-order valence-corrected chi connectivity index (χ0v) is 11.4. The summed E-state index contributed by atoms with van der Waals surface area (Å²) in [4.78, 5) is 25.0. The Morgan fingerprint density at radius 1 is 1.42 bits per heavy atom. The van der Waals surface area contributed by atoms with Crippen LogP contribution in [-0.4, -0.2) is 47.3 Å². The molecule has 2 heterocycles. The Hall–Kier alpha value is -0.820. The molecule has 1 aromatic rings. The number of H-pyrrole nitrogens is 1. The van der Waals surface area contributed by atoms with Gasteiger partial charge in [-0.1, -0.05) is 0 Å². The van der Waals surface area contributed by atoms with E-state index in [2.05, 4.69) is 0 Å². The smallest absolute Gasteiger partial charge is 0.330 e. The lowest BCUT2D eigenvalue weighted by molar-refractivity contribution is -0.0611. The Balaban J connectivity index is 2.47. The number of aromatic amines is 1. The van der Waals surface area contributed by atoms with Crippen LogP contribution in [0.4, 0.5) is 4.39 Å². The Morgan fingerprint density at radius 3 is 2.58 bits per heavy atom. The van der Waals surface area contributed by atoms with Crippen molar-refractivity contribution < 1.29 is 24.4 Å². The van der Waals surface area contributed by atoms with Crippen molar-refractivity contribution in [1.82, 2.24) is 9.55 Å². The van der Waals surface area contributed by atoms with Gasteiger partial charge in [0.1, 0.15) is 22.4 Å². The van der Waals surface area contributed by atoms with Crippen LogP contribution in [0.2, 0.25) is 0 Å². The van der Waals surface area contributed by atoms with E-state index >= 15 is 0 Å². The van der Waals surface area contributed by atoms with Gasteiger partial charge in [0.15, 0.2) is 6.23 Å². The van der Waals surface area contributed by atoms with Crippen LogP contribution >= 0.6 is 22.6 Å². The molecule has 8 nitrogen and oxygen atoms in total. The van der Waals surface area contributed by atoms with E-state index in [4.69, 9.17) is 4.74 Å². The lowest BCUT2D eigenvalue weighted by Crippen LogP contribution is -2.43. The minimum atomic E-state index is -1.64. The van der Waals surface area contributed by atoms with Gasteiger partial charge in [0.05, 0.1) is 0 Å². The van der Waals surface area contributed by atoms with Crippen molar-refractivity contribution in [1.29, 1.82) is 0 Å². The van der Waals surface area contributed by atoms with Crippen LogP contribution in [0.15, 0.2) is 15.8 Å². The average molecular weight is 388 g/mol. The van der Waals surface area contributed by atoms with E-state index < -0.39 is 45.7 Å². The number of rotatable bonds is 2. The molecule has 106 valence electrons. The predicted molar refractivity (Wildman–Crippen MR) is 67.2 cm³/mol. The number of aliphatic hydroxyl groups is 3. The third-order valence-corrected chi connectivity index (χ3v) is 3.47. The molecule has 0 saturated carbocycles. The van der Waals surface area contributed by atoms with Crippen LogP contribution in [0, 0.1) is 5.82 Å². The van der Waals surface area contributed by atoms with Crippen LogP contribution in [0.1, 0.15) is 6.23 Å². The van der Waals surface area contributed by atoms with Crippen molar-refractivity contribution >= 4 is 22.6 Å². The first-order chi connectivity index (χ1) is 8.84. The summed E-state index contributed by atoms with van der Waals surface area (Å²) in [6, 6.07) is 0. The van der Waals surface area contributed by atoms with E-state index in [0.717, 1.165) is 0 Å². The van der Waals surface area contributed by atoms with Crippen LogP contribution < -0.4 is 11.2 Å². The van der Waals surface area contributed by atoms with Crippen LogP contribution in [-0.2, 0) is 4.74 Å². The number of aromatic nitrogens is 2. The molecule has 0 aromatic carbocycles. The number of alkyl halides is 1.